The maximum absolute atomic E-state index is 8.76. The summed E-state index contributed by atoms with van der Waals surface area (Å²) < 4.78 is 4.98. The van der Waals surface area contributed by atoms with Gasteiger partial charge in [0.15, 0.2) is 0 Å². The minimum atomic E-state index is -0.0887. The second-order valence-corrected chi connectivity index (χ2v) is 3.67. The van der Waals surface area contributed by atoms with Crippen LogP contribution in [-0.2, 0) is 4.74 Å². The van der Waals surface area contributed by atoms with Gasteiger partial charge in [0, 0.05) is 19.2 Å². The molecular weight excluding hydrogens is 142 g/mol. The van der Waals surface area contributed by atoms with Gasteiger partial charge in [-0.2, -0.15) is 0 Å². The number of ether oxygens (including phenoxy) is 1. The molecule has 0 aromatic heterocycles. The Balaban J connectivity index is 3.51. The van der Waals surface area contributed by atoms with E-state index >= 15 is 0 Å². The molecule has 0 aliphatic heterocycles. The summed E-state index contributed by atoms with van der Waals surface area (Å²) >= 11 is 0. The molecule has 0 spiro atoms. The number of rotatable bonds is 4. The van der Waals surface area contributed by atoms with Crippen LogP contribution < -0.4 is 5.32 Å². The topological polar surface area (TPSA) is 41.5 Å². The molecule has 0 aliphatic rings. The van der Waals surface area contributed by atoms with Crippen LogP contribution in [0.4, 0.5) is 0 Å². The lowest BCUT2D eigenvalue weighted by Gasteiger charge is -2.23. The number of methoxy groups -OCH3 is 1. The highest BCUT2D eigenvalue weighted by atomic mass is 16.5. The number of hydrogen-bond acceptors (Lipinski definition) is 3. The number of nitrogens with one attached hydrogen (secondary N) is 1. The van der Waals surface area contributed by atoms with E-state index in [0.29, 0.717) is 6.54 Å². The molecule has 2 N–H and O–H groups in total. The van der Waals surface area contributed by atoms with Crippen molar-refractivity contribution in [1.29, 1.82) is 0 Å². The summed E-state index contributed by atoms with van der Waals surface area (Å²) in [5, 5.41) is 12.0. The molecule has 0 fully saturated rings. The summed E-state index contributed by atoms with van der Waals surface area (Å²) in [6.45, 7) is 7.00. The second kappa shape index (κ2) is 4.70. The van der Waals surface area contributed by atoms with Crippen LogP contribution in [0.25, 0.3) is 0 Å². The Morgan fingerprint density at radius 3 is 2.27 bits per heavy atom. The lowest BCUT2D eigenvalue weighted by Crippen LogP contribution is -2.42. The summed E-state index contributed by atoms with van der Waals surface area (Å²) in [5.74, 6) is 0. The third kappa shape index (κ3) is 6.28. The number of aliphatic hydroxyl groups is 1. The van der Waals surface area contributed by atoms with Crippen molar-refractivity contribution >= 4 is 0 Å². The molecule has 0 rings (SSSR count). The first-order valence-electron chi connectivity index (χ1n) is 3.88. The fraction of sp³-hybridized carbons (Fsp3) is 1.00. The van der Waals surface area contributed by atoms with E-state index in [-0.39, 0.29) is 18.2 Å². The predicted octanol–water partition coefficient (Wildman–Crippen LogP) is 0.382. The highest BCUT2D eigenvalue weighted by Crippen LogP contribution is 1.98. The van der Waals surface area contributed by atoms with E-state index < -0.39 is 0 Å². The molecule has 0 saturated heterocycles. The molecule has 1 atom stereocenters. The van der Waals surface area contributed by atoms with Crippen molar-refractivity contribution in [2.45, 2.75) is 32.4 Å². The van der Waals surface area contributed by atoms with Crippen LogP contribution >= 0.6 is 0 Å². The molecule has 11 heavy (non-hydrogen) atoms. The van der Waals surface area contributed by atoms with Crippen LogP contribution in [0.1, 0.15) is 20.8 Å². The van der Waals surface area contributed by atoms with Crippen molar-refractivity contribution in [2.75, 3.05) is 20.3 Å². The Morgan fingerprint density at radius 1 is 1.45 bits per heavy atom. The fourth-order valence-electron chi connectivity index (χ4n) is 0.642. The van der Waals surface area contributed by atoms with Crippen molar-refractivity contribution in [2.24, 2.45) is 0 Å². The van der Waals surface area contributed by atoms with Gasteiger partial charge in [-0.25, -0.2) is 0 Å². The highest BCUT2D eigenvalue weighted by Gasteiger charge is 2.12. The molecule has 3 heteroatoms. The standard InChI is InChI=1S/C8H19NO2/c1-8(2,3)9-5-7(6-10)11-4/h7,9-10H,5-6H2,1-4H3. The van der Waals surface area contributed by atoms with E-state index in [1.165, 1.54) is 0 Å². The summed E-state index contributed by atoms with van der Waals surface area (Å²) in [4.78, 5) is 0. The Morgan fingerprint density at radius 2 is 2.00 bits per heavy atom. The zero-order valence-corrected chi connectivity index (χ0v) is 7.85. The van der Waals surface area contributed by atoms with Crippen molar-refractivity contribution in [3.63, 3.8) is 0 Å². The van der Waals surface area contributed by atoms with Crippen LogP contribution in [-0.4, -0.2) is 37.0 Å². The molecule has 0 aromatic rings. The van der Waals surface area contributed by atoms with Crippen LogP contribution in [0.2, 0.25) is 0 Å². The minimum Gasteiger partial charge on any atom is -0.394 e. The first-order chi connectivity index (χ1) is 4.99. The maximum atomic E-state index is 8.76. The normalized spacial score (nSPS) is 15.0. The van der Waals surface area contributed by atoms with Crippen molar-refractivity contribution in [3.8, 4) is 0 Å². The van der Waals surface area contributed by atoms with Crippen LogP contribution in [0.5, 0.6) is 0 Å². The third-order valence-corrected chi connectivity index (χ3v) is 1.40. The van der Waals surface area contributed by atoms with Gasteiger partial charge in [-0.3, -0.25) is 0 Å². The summed E-state index contributed by atoms with van der Waals surface area (Å²) in [5.41, 5.74) is 0.0892. The van der Waals surface area contributed by atoms with Gasteiger partial charge in [-0.15, -0.1) is 0 Å². The first kappa shape index (κ1) is 10.9. The number of hydrogen-bond donors (Lipinski definition) is 2. The van der Waals surface area contributed by atoms with Gasteiger partial charge in [0.1, 0.15) is 0 Å². The smallest absolute Gasteiger partial charge is 0.0926 e. The second-order valence-electron chi connectivity index (χ2n) is 3.67. The fourth-order valence-corrected chi connectivity index (χ4v) is 0.642. The Hall–Kier alpha value is -0.120. The molecule has 0 amide bonds. The van der Waals surface area contributed by atoms with E-state index in [0.717, 1.165) is 0 Å². The third-order valence-electron chi connectivity index (χ3n) is 1.40. The highest BCUT2D eigenvalue weighted by molar-refractivity contribution is 4.72. The number of aliphatic hydroxyl groups excluding tert-OH is 1. The quantitative estimate of drug-likeness (QED) is 0.626. The first-order valence-corrected chi connectivity index (χ1v) is 3.88. The molecule has 0 heterocycles. The minimum absolute atomic E-state index is 0.0690. The van der Waals surface area contributed by atoms with Gasteiger partial charge in [-0.1, -0.05) is 0 Å². The molecule has 0 radical (unpaired) electrons. The van der Waals surface area contributed by atoms with Gasteiger partial charge in [0.25, 0.3) is 0 Å². The van der Waals surface area contributed by atoms with Crippen molar-refractivity contribution in [1.82, 2.24) is 5.32 Å². The lowest BCUT2D eigenvalue weighted by atomic mass is 10.1. The van der Waals surface area contributed by atoms with Crippen LogP contribution in [0, 0.1) is 0 Å². The summed E-state index contributed by atoms with van der Waals surface area (Å²) in [6.07, 6.45) is -0.0887. The average molecular weight is 161 g/mol. The summed E-state index contributed by atoms with van der Waals surface area (Å²) in [7, 11) is 1.60. The molecule has 3 nitrogen and oxygen atoms in total. The van der Waals surface area contributed by atoms with Crippen molar-refractivity contribution in [3.05, 3.63) is 0 Å². The maximum Gasteiger partial charge on any atom is 0.0926 e. The zero-order valence-electron chi connectivity index (χ0n) is 7.85. The van der Waals surface area contributed by atoms with Gasteiger partial charge >= 0.3 is 0 Å². The van der Waals surface area contributed by atoms with E-state index in [1.54, 1.807) is 7.11 Å². The Kier molecular flexibility index (Phi) is 4.65. The van der Waals surface area contributed by atoms with Gasteiger partial charge in [0.05, 0.1) is 12.7 Å². The Labute approximate surface area is 68.8 Å². The van der Waals surface area contributed by atoms with E-state index in [2.05, 4.69) is 26.1 Å². The van der Waals surface area contributed by atoms with Gasteiger partial charge in [-0.05, 0) is 20.8 Å². The van der Waals surface area contributed by atoms with Gasteiger partial charge < -0.3 is 15.2 Å². The van der Waals surface area contributed by atoms with Crippen LogP contribution in [0.15, 0.2) is 0 Å². The monoisotopic (exact) mass is 161 g/mol. The molecule has 0 bridgehead atoms. The zero-order chi connectivity index (χ0) is 8.91. The van der Waals surface area contributed by atoms with Gasteiger partial charge in [0.2, 0.25) is 0 Å². The summed E-state index contributed by atoms with van der Waals surface area (Å²) in [6, 6.07) is 0. The molecule has 1 unspecified atom stereocenters. The van der Waals surface area contributed by atoms with E-state index in [1.807, 2.05) is 0 Å². The molecule has 68 valence electrons. The van der Waals surface area contributed by atoms with E-state index in [4.69, 9.17) is 9.84 Å². The molecule has 0 aliphatic carbocycles. The Bertz CT molecular complexity index is 94.8. The lowest BCUT2D eigenvalue weighted by molar-refractivity contribution is 0.0451. The predicted molar refractivity (Wildman–Crippen MR) is 45.6 cm³/mol. The van der Waals surface area contributed by atoms with Crippen LogP contribution in [0.3, 0.4) is 0 Å². The van der Waals surface area contributed by atoms with Crippen molar-refractivity contribution < 1.29 is 9.84 Å². The largest absolute Gasteiger partial charge is 0.394 e. The molecule has 0 saturated carbocycles. The molecular formula is C8H19NO2. The average Bonchev–Trinajstić information content (AvgIpc) is 1.88. The van der Waals surface area contributed by atoms with E-state index in [9.17, 15) is 0 Å². The SMILES string of the molecule is COC(CO)CNC(C)(C)C. The molecule has 0 aromatic carbocycles.